The number of carbonyl (C=O) groups is 5. The molecule has 3 aromatic rings. The van der Waals surface area contributed by atoms with Gasteiger partial charge in [-0.1, -0.05) is 0 Å². The number of ether oxygens (including phenoxy) is 1. The summed E-state index contributed by atoms with van der Waals surface area (Å²) in [5.41, 5.74) is 1.15. The van der Waals surface area contributed by atoms with Gasteiger partial charge in [0.15, 0.2) is 16.6 Å². The molecule has 2 aromatic heterocycles. The average Bonchev–Trinajstić information content (AvgIpc) is 3.64. The van der Waals surface area contributed by atoms with E-state index in [1.807, 2.05) is 7.05 Å². The zero-order chi connectivity index (χ0) is 31.4. The van der Waals surface area contributed by atoms with Gasteiger partial charge in [-0.05, 0) is 64.2 Å². The summed E-state index contributed by atoms with van der Waals surface area (Å²) in [7, 11) is 3.51. The zero-order valence-electron chi connectivity index (χ0n) is 24.3. The molecule has 2 aliphatic carbocycles. The van der Waals surface area contributed by atoms with Gasteiger partial charge in [-0.3, -0.25) is 24.0 Å². The lowest BCUT2D eigenvalue weighted by Crippen LogP contribution is -2.31. The van der Waals surface area contributed by atoms with Crippen LogP contribution in [0.2, 0.25) is 0 Å². The Labute approximate surface area is 261 Å². The summed E-state index contributed by atoms with van der Waals surface area (Å²) in [6.07, 6.45) is 4.04. The lowest BCUT2D eigenvalue weighted by atomic mass is 10.0. The van der Waals surface area contributed by atoms with Crippen molar-refractivity contribution in [3.63, 3.8) is 0 Å². The van der Waals surface area contributed by atoms with Gasteiger partial charge in [0.25, 0.3) is 5.91 Å². The number of anilines is 1. The number of hydrogen-bond acceptors (Lipinski definition) is 13. The Morgan fingerprint density at radius 3 is 1.95 bits per heavy atom. The first-order chi connectivity index (χ1) is 21.1. The van der Waals surface area contributed by atoms with Gasteiger partial charge in [0.05, 0.1) is 23.5 Å². The second-order valence-corrected chi connectivity index (χ2v) is 12.4. The zero-order valence-corrected chi connectivity index (χ0v) is 25.9. The standard InChI is InChI=1S/C30H30N6O6S2/c1-16-33-23-25(39)19(14-21(37)27(23)43-16)31-10-4-12-36(2)13-5-11-32-20-15-22(38)28-24(26(20)40)35-30(44-28)29(41)34-17-6-8-18(42-3)9-7-17/h6-9,14-15,31-32H,4-5,10-13H2,1-3H3,(H,34,41). The molecule has 14 heteroatoms. The van der Waals surface area contributed by atoms with Crippen molar-refractivity contribution in [3.8, 4) is 5.75 Å². The molecule has 0 saturated heterocycles. The van der Waals surface area contributed by atoms with E-state index in [0.717, 1.165) is 30.8 Å². The highest BCUT2D eigenvalue weighted by Crippen LogP contribution is 2.27. The molecule has 0 fully saturated rings. The number of amides is 1. The number of fused-ring (bicyclic) bond motifs is 2. The summed E-state index contributed by atoms with van der Waals surface area (Å²) >= 11 is 2.12. The van der Waals surface area contributed by atoms with Gasteiger partial charge < -0.3 is 25.6 Å². The molecule has 0 saturated carbocycles. The van der Waals surface area contributed by atoms with Crippen LogP contribution < -0.4 is 20.7 Å². The van der Waals surface area contributed by atoms with Gasteiger partial charge in [0, 0.05) is 30.9 Å². The summed E-state index contributed by atoms with van der Waals surface area (Å²) in [4.78, 5) is 74.4. The minimum atomic E-state index is -0.512. The highest BCUT2D eigenvalue weighted by Gasteiger charge is 2.32. The van der Waals surface area contributed by atoms with E-state index in [1.54, 1.807) is 38.3 Å². The maximum absolute atomic E-state index is 13.0. The molecule has 0 atom stereocenters. The summed E-state index contributed by atoms with van der Waals surface area (Å²) in [6, 6.07) is 6.76. The Balaban J connectivity index is 1.04. The first-order valence-corrected chi connectivity index (χ1v) is 15.5. The second-order valence-electron chi connectivity index (χ2n) is 10.2. The molecule has 44 heavy (non-hydrogen) atoms. The quantitative estimate of drug-likeness (QED) is 0.237. The third kappa shape index (κ3) is 6.82. The first kappa shape index (κ1) is 30.9. The van der Waals surface area contributed by atoms with E-state index in [9.17, 15) is 24.0 Å². The van der Waals surface area contributed by atoms with Crippen LogP contribution in [0, 0.1) is 6.92 Å². The molecule has 2 aliphatic rings. The van der Waals surface area contributed by atoms with E-state index in [1.165, 1.54) is 23.5 Å². The van der Waals surface area contributed by atoms with Crippen LogP contribution in [-0.4, -0.2) is 84.2 Å². The van der Waals surface area contributed by atoms with Crippen LogP contribution in [0.4, 0.5) is 5.69 Å². The minimum absolute atomic E-state index is 0.0242. The number of carbonyl (C=O) groups excluding carboxylic acids is 5. The van der Waals surface area contributed by atoms with Gasteiger partial charge in [0.1, 0.15) is 26.9 Å². The molecule has 1 amide bonds. The summed E-state index contributed by atoms with van der Waals surface area (Å²) in [6.45, 7) is 4.21. The lowest BCUT2D eigenvalue weighted by molar-refractivity contribution is 0.0976. The second kappa shape index (κ2) is 13.4. The Morgan fingerprint density at radius 1 is 0.841 bits per heavy atom. The Morgan fingerprint density at radius 2 is 1.39 bits per heavy atom. The fourth-order valence-electron chi connectivity index (χ4n) is 4.64. The molecule has 3 N–H and O–H groups in total. The highest BCUT2D eigenvalue weighted by molar-refractivity contribution is 7.16. The van der Waals surface area contributed by atoms with Crippen LogP contribution in [0.3, 0.4) is 0 Å². The molecular weight excluding hydrogens is 605 g/mol. The van der Waals surface area contributed by atoms with Crippen molar-refractivity contribution in [3.05, 3.63) is 79.0 Å². The van der Waals surface area contributed by atoms with Crippen molar-refractivity contribution in [1.29, 1.82) is 0 Å². The van der Waals surface area contributed by atoms with Crippen molar-refractivity contribution in [2.45, 2.75) is 19.8 Å². The number of Topliss-reactive ketones (excluding diaryl/α,β-unsaturated/α-hetero) is 2. The monoisotopic (exact) mass is 634 g/mol. The Bertz CT molecular complexity index is 1700. The number of hydrogen-bond donors (Lipinski definition) is 3. The molecule has 0 bridgehead atoms. The van der Waals surface area contributed by atoms with Gasteiger partial charge in [0.2, 0.25) is 11.6 Å². The largest absolute Gasteiger partial charge is 0.497 e. The molecule has 2 heterocycles. The van der Waals surface area contributed by atoms with Gasteiger partial charge >= 0.3 is 0 Å². The Kier molecular flexibility index (Phi) is 9.42. The van der Waals surface area contributed by atoms with Crippen LogP contribution in [0.15, 0.2) is 47.8 Å². The van der Waals surface area contributed by atoms with E-state index < -0.39 is 11.7 Å². The Hall–Kier alpha value is -4.53. The normalized spacial score (nSPS) is 14.2. The fourth-order valence-corrected chi connectivity index (χ4v) is 6.34. The number of nitrogens with one attached hydrogen (secondary N) is 3. The van der Waals surface area contributed by atoms with Crippen LogP contribution in [0.25, 0.3) is 0 Å². The third-order valence-corrected chi connectivity index (χ3v) is 8.94. The summed E-state index contributed by atoms with van der Waals surface area (Å²) in [5, 5.41) is 9.52. The number of thiazole rings is 2. The van der Waals surface area contributed by atoms with Crippen molar-refractivity contribution in [1.82, 2.24) is 25.5 Å². The van der Waals surface area contributed by atoms with E-state index >= 15 is 0 Å². The molecule has 0 aliphatic heterocycles. The van der Waals surface area contributed by atoms with Crippen LogP contribution >= 0.6 is 22.7 Å². The molecule has 228 valence electrons. The van der Waals surface area contributed by atoms with Gasteiger partial charge in [-0.2, -0.15) is 0 Å². The summed E-state index contributed by atoms with van der Waals surface area (Å²) < 4.78 is 5.11. The van der Waals surface area contributed by atoms with Crippen molar-refractivity contribution in [2.75, 3.05) is 45.7 Å². The maximum Gasteiger partial charge on any atom is 0.284 e. The molecule has 1 aromatic carbocycles. The van der Waals surface area contributed by atoms with Gasteiger partial charge in [-0.25, -0.2) is 9.97 Å². The number of methoxy groups -OCH3 is 1. The van der Waals surface area contributed by atoms with Crippen molar-refractivity contribution < 1.29 is 28.7 Å². The lowest BCUT2D eigenvalue weighted by Gasteiger charge is -2.18. The van der Waals surface area contributed by atoms with Crippen molar-refractivity contribution >= 4 is 57.4 Å². The predicted octanol–water partition coefficient (Wildman–Crippen LogP) is 3.29. The molecular formula is C30H30N6O6S2. The molecule has 5 rings (SSSR count). The molecule has 0 spiro atoms. The maximum atomic E-state index is 13.0. The number of ketones is 4. The number of aryl methyl sites for hydroxylation is 1. The predicted molar refractivity (Wildman–Crippen MR) is 166 cm³/mol. The topological polar surface area (TPSA) is 160 Å². The van der Waals surface area contributed by atoms with E-state index in [0.29, 0.717) is 40.8 Å². The van der Waals surface area contributed by atoms with Crippen LogP contribution in [-0.2, 0) is 0 Å². The van der Waals surface area contributed by atoms with Gasteiger partial charge in [-0.15, -0.1) is 22.7 Å². The van der Waals surface area contributed by atoms with Crippen molar-refractivity contribution in [2.24, 2.45) is 0 Å². The van der Waals surface area contributed by atoms with Crippen LogP contribution in [0.1, 0.15) is 68.0 Å². The first-order valence-electron chi connectivity index (χ1n) is 13.9. The number of rotatable bonds is 13. The highest BCUT2D eigenvalue weighted by atomic mass is 32.1. The summed E-state index contributed by atoms with van der Waals surface area (Å²) in [5.74, 6) is -1.13. The molecule has 12 nitrogen and oxygen atoms in total. The van der Waals surface area contributed by atoms with E-state index in [2.05, 4.69) is 30.8 Å². The minimum Gasteiger partial charge on any atom is -0.497 e. The smallest absolute Gasteiger partial charge is 0.284 e. The SMILES string of the molecule is COc1ccc(NC(=O)c2nc3c(s2)C(=O)C=C(NCCCN(C)CCCNC2=CC(=O)c4sc(C)nc4C2=O)C3=O)cc1. The van der Waals surface area contributed by atoms with E-state index in [-0.39, 0.29) is 50.0 Å². The number of nitrogens with zero attached hydrogens (tertiary/aromatic N) is 3. The molecule has 0 unspecified atom stereocenters. The van der Waals surface area contributed by atoms with E-state index in [4.69, 9.17) is 4.74 Å². The third-order valence-electron chi connectivity index (χ3n) is 6.89. The average molecular weight is 635 g/mol. The molecule has 0 radical (unpaired) electrons. The number of allylic oxidation sites excluding steroid dienone is 4. The van der Waals surface area contributed by atoms with Crippen LogP contribution in [0.5, 0.6) is 5.75 Å². The fraction of sp³-hybridized carbons (Fsp3) is 0.300. The number of aromatic nitrogens is 2. The number of benzene rings is 1.